The summed E-state index contributed by atoms with van der Waals surface area (Å²) in [4.78, 5) is 0. The standard InChI is InChI=1S/C15H18BrNO3S2/c1-22(18,19)17-7-4-11(5-8-17)10-20-14-3-2-13(16)12-6-9-21-15(12)14/h2-3,6,9,11H,4-5,7-8,10H2,1H3. The highest BCUT2D eigenvalue weighted by molar-refractivity contribution is 9.10. The highest BCUT2D eigenvalue weighted by atomic mass is 79.9. The van der Waals surface area contributed by atoms with Crippen molar-refractivity contribution in [2.45, 2.75) is 12.8 Å². The fraction of sp³-hybridized carbons (Fsp3) is 0.467. The molecule has 1 fully saturated rings. The number of thiophene rings is 1. The van der Waals surface area contributed by atoms with Crippen LogP contribution in [0.3, 0.4) is 0 Å². The molecule has 1 saturated heterocycles. The zero-order valence-corrected chi connectivity index (χ0v) is 15.5. The van der Waals surface area contributed by atoms with Crippen molar-refractivity contribution < 1.29 is 13.2 Å². The molecule has 4 nitrogen and oxygen atoms in total. The van der Waals surface area contributed by atoms with E-state index in [0.29, 0.717) is 25.6 Å². The van der Waals surface area contributed by atoms with Gasteiger partial charge in [-0.05, 0) is 42.3 Å². The molecule has 7 heteroatoms. The predicted octanol–water partition coefficient (Wildman–Crippen LogP) is 3.71. The highest BCUT2D eigenvalue weighted by Gasteiger charge is 2.25. The van der Waals surface area contributed by atoms with Gasteiger partial charge in [0, 0.05) is 22.9 Å². The van der Waals surface area contributed by atoms with Gasteiger partial charge in [-0.2, -0.15) is 0 Å². The van der Waals surface area contributed by atoms with Crippen LogP contribution in [0.25, 0.3) is 10.1 Å². The molecule has 22 heavy (non-hydrogen) atoms. The van der Waals surface area contributed by atoms with E-state index in [-0.39, 0.29) is 0 Å². The molecule has 0 unspecified atom stereocenters. The van der Waals surface area contributed by atoms with E-state index in [0.717, 1.165) is 27.8 Å². The number of hydrogen-bond acceptors (Lipinski definition) is 4. The van der Waals surface area contributed by atoms with E-state index in [9.17, 15) is 8.42 Å². The first-order valence-corrected chi connectivity index (χ1v) is 10.7. The second-order valence-corrected chi connectivity index (χ2v) is 9.38. The Balaban J connectivity index is 1.61. The van der Waals surface area contributed by atoms with Crippen LogP contribution in [-0.2, 0) is 10.0 Å². The smallest absolute Gasteiger partial charge is 0.211 e. The van der Waals surface area contributed by atoms with E-state index in [1.165, 1.54) is 11.6 Å². The summed E-state index contributed by atoms with van der Waals surface area (Å²) in [6, 6.07) is 6.09. The van der Waals surface area contributed by atoms with Gasteiger partial charge in [0.1, 0.15) is 5.75 Å². The average Bonchev–Trinajstić information content (AvgIpc) is 2.97. The molecular formula is C15H18BrNO3S2. The molecule has 3 rings (SSSR count). The summed E-state index contributed by atoms with van der Waals surface area (Å²) >= 11 is 5.23. The molecule has 0 aliphatic carbocycles. The van der Waals surface area contributed by atoms with Gasteiger partial charge in [0.2, 0.25) is 10.0 Å². The van der Waals surface area contributed by atoms with Gasteiger partial charge in [-0.1, -0.05) is 15.9 Å². The molecule has 2 aromatic rings. The lowest BCUT2D eigenvalue weighted by Crippen LogP contribution is -2.39. The number of rotatable bonds is 4. The summed E-state index contributed by atoms with van der Waals surface area (Å²) in [6.45, 7) is 1.84. The molecule has 1 aliphatic rings. The highest BCUT2D eigenvalue weighted by Crippen LogP contribution is 2.36. The van der Waals surface area contributed by atoms with Crippen LogP contribution in [0.4, 0.5) is 0 Å². The van der Waals surface area contributed by atoms with Crippen molar-refractivity contribution in [3.63, 3.8) is 0 Å². The van der Waals surface area contributed by atoms with Crippen LogP contribution in [0.1, 0.15) is 12.8 Å². The Bertz CT molecular complexity index is 764. The van der Waals surface area contributed by atoms with Crippen LogP contribution in [0, 0.1) is 5.92 Å². The minimum Gasteiger partial charge on any atom is -0.492 e. The van der Waals surface area contributed by atoms with Crippen LogP contribution >= 0.6 is 27.3 Å². The maximum atomic E-state index is 11.5. The van der Waals surface area contributed by atoms with Gasteiger partial charge in [0.25, 0.3) is 0 Å². The number of halogens is 1. The van der Waals surface area contributed by atoms with Crippen LogP contribution < -0.4 is 4.74 Å². The number of sulfonamides is 1. The number of hydrogen-bond donors (Lipinski definition) is 0. The number of benzene rings is 1. The zero-order chi connectivity index (χ0) is 15.7. The van der Waals surface area contributed by atoms with E-state index in [1.54, 1.807) is 15.6 Å². The summed E-state index contributed by atoms with van der Waals surface area (Å²) in [6.07, 6.45) is 2.99. The molecule has 0 spiro atoms. The monoisotopic (exact) mass is 403 g/mol. The molecule has 0 bridgehead atoms. The van der Waals surface area contributed by atoms with Crippen molar-refractivity contribution in [2.75, 3.05) is 26.0 Å². The average molecular weight is 404 g/mol. The molecule has 0 N–H and O–H groups in total. The number of nitrogens with zero attached hydrogens (tertiary/aromatic N) is 1. The molecule has 0 radical (unpaired) electrons. The normalized spacial score (nSPS) is 17.9. The third kappa shape index (κ3) is 3.48. The summed E-state index contributed by atoms with van der Waals surface area (Å²) in [5, 5.41) is 3.24. The Hall–Kier alpha value is -0.630. The van der Waals surface area contributed by atoms with Gasteiger partial charge in [0.15, 0.2) is 0 Å². The minimum absolute atomic E-state index is 0.414. The van der Waals surface area contributed by atoms with Gasteiger partial charge < -0.3 is 4.74 Å². The van der Waals surface area contributed by atoms with E-state index in [2.05, 4.69) is 27.4 Å². The van der Waals surface area contributed by atoms with Crippen LogP contribution in [-0.4, -0.2) is 38.7 Å². The Labute approximate surface area is 143 Å². The Morgan fingerprint density at radius 2 is 2.05 bits per heavy atom. The van der Waals surface area contributed by atoms with Crippen LogP contribution in [0.5, 0.6) is 5.75 Å². The third-order valence-corrected chi connectivity index (χ3v) is 6.97. The Morgan fingerprint density at radius 1 is 1.32 bits per heavy atom. The molecule has 2 heterocycles. The number of ether oxygens (including phenoxy) is 1. The summed E-state index contributed by atoms with van der Waals surface area (Å²) in [5.74, 6) is 1.33. The summed E-state index contributed by atoms with van der Waals surface area (Å²) in [5.41, 5.74) is 0. The van der Waals surface area contributed by atoms with E-state index >= 15 is 0 Å². The van der Waals surface area contributed by atoms with Crippen molar-refractivity contribution in [3.8, 4) is 5.75 Å². The number of fused-ring (bicyclic) bond motifs is 1. The van der Waals surface area contributed by atoms with Gasteiger partial charge in [-0.15, -0.1) is 11.3 Å². The molecule has 0 amide bonds. The predicted molar refractivity (Wildman–Crippen MR) is 94.2 cm³/mol. The van der Waals surface area contributed by atoms with E-state index in [4.69, 9.17) is 4.74 Å². The third-order valence-electron chi connectivity index (χ3n) is 4.04. The zero-order valence-electron chi connectivity index (χ0n) is 12.3. The Morgan fingerprint density at radius 3 is 2.73 bits per heavy atom. The van der Waals surface area contributed by atoms with Crippen LogP contribution in [0.2, 0.25) is 0 Å². The molecule has 0 atom stereocenters. The minimum atomic E-state index is -3.05. The van der Waals surface area contributed by atoms with Gasteiger partial charge >= 0.3 is 0 Å². The van der Waals surface area contributed by atoms with Crippen molar-refractivity contribution >= 4 is 47.4 Å². The summed E-state index contributed by atoms with van der Waals surface area (Å²) < 4.78 is 32.8. The van der Waals surface area contributed by atoms with Crippen molar-refractivity contribution in [2.24, 2.45) is 5.92 Å². The van der Waals surface area contributed by atoms with E-state index < -0.39 is 10.0 Å². The number of piperidine rings is 1. The fourth-order valence-electron chi connectivity index (χ4n) is 2.73. The van der Waals surface area contributed by atoms with Gasteiger partial charge in [-0.3, -0.25) is 0 Å². The largest absolute Gasteiger partial charge is 0.492 e. The fourth-order valence-corrected chi connectivity index (χ4v) is 5.09. The SMILES string of the molecule is CS(=O)(=O)N1CCC(COc2ccc(Br)c3ccsc23)CC1. The topological polar surface area (TPSA) is 46.6 Å². The van der Waals surface area contributed by atoms with Crippen molar-refractivity contribution in [1.29, 1.82) is 0 Å². The first-order valence-electron chi connectivity index (χ1n) is 7.19. The van der Waals surface area contributed by atoms with Gasteiger partial charge in [-0.25, -0.2) is 12.7 Å². The maximum Gasteiger partial charge on any atom is 0.211 e. The molecule has 1 aromatic carbocycles. The van der Waals surface area contributed by atoms with Crippen molar-refractivity contribution in [3.05, 3.63) is 28.1 Å². The summed E-state index contributed by atoms with van der Waals surface area (Å²) in [7, 11) is -3.05. The second-order valence-electron chi connectivity index (χ2n) is 5.63. The lowest BCUT2D eigenvalue weighted by Gasteiger charge is -2.30. The van der Waals surface area contributed by atoms with Gasteiger partial charge in [0.05, 0.1) is 17.6 Å². The molecule has 0 saturated carbocycles. The molecule has 1 aliphatic heterocycles. The quantitative estimate of drug-likeness (QED) is 0.781. The Kier molecular flexibility index (Phi) is 4.77. The molecular weight excluding hydrogens is 386 g/mol. The molecule has 120 valence electrons. The van der Waals surface area contributed by atoms with Crippen LogP contribution in [0.15, 0.2) is 28.1 Å². The lowest BCUT2D eigenvalue weighted by molar-refractivity contribution is 0.187. The van der Waals surface area contributed by atoms with Crippen molar-refractivity contribution in [1.82, 2.24) is 4.31 Å². The maximum absolute atomic E-state index is 11.5. The second kappa shape index (κ2) is 6.47. The van der Waals surface area contributed by atoms with E-state index in [1.807, 2.05) is 12.1 Å². The first-order chi connectivity index (χ1) is 10.4. The first kappa shape index (κ1) is 16.2. The lowest BCUT2D eigenvalue weighted by atomic mass is 9.99. The molecule has 1 aromatic heterocycles.